The maximum absolute atomic E-state index is 11.8. The first-order valence-corrected chi connectivity index (χ1v) is 6.42. The summed E-state index contributed by atoms with van der Waals surface area (Å²) in [6.45, 7) is 6.45. The highest BCUT2D eigenvalue weighted by Crippen LogP contribution is 2.11. The highest BCUT2D eigenvalue weighted by molar-refractivity contribution is 5.97. The fraction of sp³-hybridized carbons (Fsp3) is 0.643. The number of ketones is 1. The van der Waals surface area contributed by atoms with Crippen LogP contribution in [0.2, 0.25) is 0 Å². The summed E-state index contributed by atoms with van der Waals surface area (Å²) in [6.07, 6.45) is 12.2. The minimum atomic E-state index is -0.0110. The molecule has 2 heteroatoms. The fourth-order valence-electron chi connectivity index (χ4n) is 1.93. The summed E-state index contributed by atoms with van der Waals surface area (Å²) in [5, 5.41) is 0. The molecule has 0 aromatic rings. The number of rotatable bonds is 7. The Kier molecular flexibility index (Phi) is 6.09. The highest BCUT2D eigenvalue weighted by Gasteiger charge is 2.21. The van der Waals surface area contributed by atoms with Crippen molar-refractivity contribution in [2.24, 2.45) is 0 Å². The fourth-order valence-corrected chi connectivity index (χ4v) is 1.93. The lowest BCUT2D eigenvalue weighted by Gasteiger charge is -2.28. The molecule has 1 unspecified atom stereocenters. The van der Waals surface area contributed by atoms with Gasteiger partial charge in [-0.1, -0.05) is 44.9 Å². The summed E-state index contributed by atoms with van der Waals surface area (Å²) >= 11 is 0. The number of nitrogens with zero attached hydrogens (tertiary/aromatic N) is 1. The maximum Gasteiger partial charge on any atom is 0.176 e. The van der Waals surface area contributed by atoms with Crippen molar-refractivity contribution in [3.8, 4) is 0 Å². The van der Waals surface area contributed by atoms with E-state index in [2.05, 4.69) is 18.7 Å². The van der Waals surface area contributed by atoms with E-state index in [9.17, 15) is 4.79 Å². The number of hydrogen-bond donors (Lipinski definition) is 0. The lowest BCUT2D eigenvalue weighted by Crippen LogP contribution is -2.41. The van der Waals surface area contributed by atoms with Gasteiger partial charge in [0.2, 0.25) is 0 Å². The first kappa shape index (κ1) is 13.2. The van der Waals surface area contributed by atoms with Crippen LogP contribution in [0.1, 0.15) is 39.5 Å². The lowest BCUT2D eigenvalue weighted by molar-refractivity contribution is -0.118. The molecule has 90 valence electrons. The first-order chi connectivity index (χ1) is 7.79. The zero-order chi connectivity index (χ0) is 11.8. The topological polar surface area (TPSA) is 20.3 Å². The van der Waals surface area contributed by atoms with Crippen LogP contribution in [0.4, 0.5) is 0 Å². The molecule has 0 aromatic heterocycles. The van der Waals surface area contributed by atoms with Gasteiger partial charge in [-0.05, 0) is 32.0 Å². The van der Waals surface area contributed by atoms with Gasteiger partial charge in [0.1, 0.15) is 0 Å². The van der Waals surface area contributed by atoms with Crippen molar-refractivity contribution in [2.45, 2.75) is 45.6 Å². The number of unbranched alkanes of at least 4 members (excludes halogenated alkanes) is 2. The van der Waals surface area contributed by atoms with Crippen LogP contribution >= 0.6 is 0 Å². The van der Waals surface area contributed by atoms with E-state index in [1.807, 2.05) is 18.2 Å². The second kappa shape index (κ2) is 7.39. The van der Waals surface area contributed by atoms with Crippen LogP contribution in [-0.2, 0) is 4.79 Å². The van der Waals surface area contributed by atoms with Crippen molar-refractivity contribution >= 4 is 5.78 Å². The molecule has 1 rings (SSSR count). The summed E-state index contributed by atoms with van der Waals surface area (Å²) in [5.41, 5.74) is 0. The normalized spacial score (nSPS) is 19.7. The van der Waals surface area contributed by atoms with Crippen molar-refractivity contribution in [3.05, 3.63) is 24.3 Å². The molecule has 0 saturated heterocycles. The van der Waals surface area contributed by atoms with E-state index < -0.39 is 0 Å². The molecular formula is C14H23NO. The number of carbonyl (C=O) groups is 1. The standard InChI is InChI=1S/C14H23NO/c1-3-5-11-15(12-6-4-2)13-9-7-8-10-14(13)16/h7-10,13H,3-6,11-12H2,1-2H3. The molecule has 1 aliphatic carbocycles. The molecule has 0 amide bonds. The van der Waals surface area contributed by atoms with E-state index >= 15 is 0 Å². The van der Waals surface area contributed by atoms with Crippen molar-refractivity contribution in [2.75, 3.05) is 13.1 Å². The zero-order valence-corrected chi connectivity index (χ0v) is 10.5. The third kappa shape index (κ3) is 3.93. The monoisotopic (exact) mass is 221 g/mol. The minimum Gasteiger partial charge on any atom is -0.293 e. The van der Waals surface area contributed by atoms with E-state index in [4.69, 9.17) is 0 Å². The van der Waals surface area contributed by atoms with Crippen LogP contribution in [0, 0.1) is 0 Å². The molecule has 0 N–H and O–H groups in total. The van der Waals surface area contributed by atoms with Gasteiger partial charge >= 0.3 is 0 Å². The van der Waals surface area contributed by atoms with Gasteiger partial charge in [-0.3, -0.25) is 9.69 Å². The molecule has 1 atom stereocenters. The van der Waals surface area contributed by atoms with Gasteiger partial charge in [0.05, 0.1) is 6.04 Å². The summed E-state index contributed by atoms with van der Waals surface area (Å²) in [7, 11) is 0. The molecule has 0 spiro atoms. The third-order valence-electron chi connectivity index (χ3n) is 2.95. The molecular weight excluding hydrogens is 198 g/mol. The average Bonchev–Trinajstić information content (AvgIpc) is 2.31. The minimum absolute atomic E-state index is 0.0110. The highest BCUT2D eigenvalue weighted by atomic mass is 16.1. The van der Waals surface area contributed by atoms with Crippen LogP contribution in [0.25, 0.3) is 0 Å². The average molecular weight is 221 g/mol. The predicted octanol–water partition coefficient (Wildman–Crippen LogP) is 2.95. The van der Waals surface area contributed by atoms with E-state index in [1.165, 1.54) is 25.7 Å². The largest absolute Gasteiger partial charge is 0.293 e. The Morgan fingerprint density at radius 1 is 1.12 bits per heavy atom. The molecule has 0 radical (unpaired) electrons. The molecule has 0 aromatic carbocycles. The lowest BCUT2D eigenvalue weighted by atomic mass is 10.0. The Bertz CT molecular complexity index is 260. The van der Waals surface area contributed by atoms with Crippen LogP contribution in [0.5, 0.6) is 0 Å². The van der Waals surface area contributed by atoms with E-state index in [0.29, 0.717) is 0 Å². The third-order valence-corrected chi connectivity index (χ3v) is 2.95. The Hall–Kier alpha value is -0.890. The van der Waals surface area contributed by atoms with Crippen LogP contribution in [0.3, 0.4) is 0 Å². The van der Waals surface area contributed by atoms with Crippen LogP contribution in [-0.4, -0.2) is 29.8 Å². The molecule has 16 heavy (non-hydrogen) atoms. The Morgan fingerprint density at radius 3 is 2.25 bits per heavy atom. The van der Waals surface area contributed by atoms with Crippen molar-refractivity contribution in [3.63, 3.8) is 0 Å². The Morgan fingerprint density at radius 2 is 1.75 bits per heavy atom. The summed E-state index contributed by atoms with van der Waals surface area (Å²) in [4.78, 5) is 14.1. The molecule has 1 aliphatic rings. The molecule has 0 bridgehead atoms. The van der Waals surface area contributed by atoms with Gasteiger partial charge < -0.3 is 0 Å². The van der Waals surface area contributed by atoms with Crippen molar-refractivity contribution < 1.29 is 4.79 Å². The van der Waals surface area contributed by atoms with Crippen LogP contribution < -0.4 is 0 Å². The van der Waals surface area contributed by atoms with E-state index in [-0.39, 0.29) is 11.8 Å². The summed E-state index contributed by atoms with van der Waals surface area (Å²) < 4.78 is 0. The first-order valence-electron chi connectivity index (χ1n) is 6.42. The zero-order valence-electron chi connectivity index (χ0n) is 10.5. The second-order valence-corrected chi connectivity index (χ2v) is 4.33. The second-order valence-electron chi connectivity index (χ2n) is 4.33. The number of allylic oxidation sites excluding steroid dienone is 2. The Balaban J connectivity index is 2.55. The molecule has 0 saturated carbocycles. The van der Waals surface area contributed by atoms with Gasteiger partial charge in [-0.2, -0.15) is 0 Å². The maximum atomic E-state index is 11.8. The van der Waals surface area contributed by atoms with Crippen molar-refractivity contribution in [1.82, 2.24) is 4.90 Å². The SMILES string of the molecule is CCCCN(CCCC)C1C=CC=CC1=O. The van der Waals surface area contributed by atoms with E-state index in [0.717, 1.165) is 13.1 Å². The van der Waals surface area contributed by atoms with Gasteiger partial charge in [0.25, 0.3) is 0 Å². The molecule has 0 fully saturated rings. The quantitative estimate of drug-likeness (QED) is 0.659. The smallest absolute Gasteiger partial charge is 0.176 e. The summed E-state index contributed by atoms with van der Waals surface area (Å²) in [5.74, 6) is 0.231. The van der Waals surface area contributed by atoms with Gasteiger partial charge in [0, 0.05) is 0 Å². The van der Waals surface area contributed by atoms with Gasteiger partial charge in [0.15, 0.2) is 5.78 Å². The van der Waals surface area contributed by atoms with E-state index in [1.54, 1.807) is 6.08 Å². The molecule has 2 nitrogen and oxygen atoms in total. The van der Waals surface area contributed by atoms with Gasteiger partial charge in [-0.25, -0.2) is 0 Å². The van der Waals surface area contributed by atoms with Gasteiger partial charge in [-0.15, -0.1) is 0 Å². The molecule has 0 heterocycles. The number of carbonyl (C=O) groups excluding carboxylic acids is 1. The van der Waals surface area contributed by atoms with Crippen LogP contribution in [0.15, 0.2) is 24.3 Å². The molecule has 0 aliphatic heterocycles. The Labute approximate surface area is 99.0 Å². The number of hydrogen-bond acceptors (Lipinski definition) is 2. The van der Waals surface area contributed by atoms with Crippen molar-refractivity contribution in [1.29, 1.82) is 0 Å². The predicted molar refractivity (Wildman–Crippen MR) is 68.5 cm³/mol. The summed E-state index contributed by atoms with van der Waals surface area (Å²) in [6, 6.07) is -0.0110.